The van der Waals surface area contributed by atoms with Gasteiger partial charge in [0.05, 0.1) is 29.4 Å². The van der Waals surface area contributed by atoms with Gasteiger partial charge in [-0.25, -0.2) is 0 Å². The van der Waals surface area contributed by atoms with Crippen LogP contribution in [0.4, 0.5) is 0 Å². The molecule has 0 spiro atoms. The lowest BCUT2D eigenvalue weighted by Crippen LogP contribution is -2.15. The van der Waals surface area contributed by atoms with E-state index in [0.29, 0.717) is 34.6 Å². The van der Waals surface area contributed by atoms with Gasteiger partial charge < -0.3 is 9.15 Å². The number of carbonyl (C=O) groups excluding carboxylic acids is 1. The number of halogens is 1. The van der Waals surface area contributed by atoms with Crippen molar-refractivity contribution >= 4 is 21.7 Å². The van der Waals surface area contributed by atoms with Crippen LogP contribution in [-0.4, -0.2) is 29.3 Å². The number of aromatic nitrogens is 2. The van der Waals surface area contributed by atoms with Gasteiger partial charge in [0.15, 0.2) is 0 Å². The van der Waals surface area contributed by atoms with Crippen molar-refractivity contribution in [3.05, 3.63) is 39.5 Å². The maximum Gasteiger partial charge on any atom is 0.215 e. The number of rotatable bonds is 5. The molecule has 2 aromatic heterocycles. The monoisotopic (exact) mass is 326 g/mol. The van der Waals surface area contributed by atoms with Crippen LogP contribution >= 0.6 is 15.9 Å². The van der Waals surface area contributed by atoms with Crippen molar-refractivity contribution in [3.63, 3.8) is 0 Å². The quantitative estimate of drug-likeness (QED) is 0.793. The molecule has 6 heteroatoms. The SMILES string of the molecule is COCCn1ncc(Br)c1C(=O)c1cc(C)oc1C. The van der Waals surface area contributed by atoms with Gasteiger partial charge in [0, 0.05) is 7.11 Å². The molecule has 0 saturated heterocycles. The van der Waals surface area contributed by atoms with E-state index in [2.05, 4.69) is 21.0 Å². The molecule has 0 unspecified atom stereocenters. The number of hydrogen-bond acceptors (Lipinski definition) is 4. The van der Waals surface area contributed by atoms with Crippen LogP contribution in [0.5, 0.6) is 0 Å². The molecule has 0 atom stereocenters. The van der Waals surface area contributed by atoms with Crippen LogP contribution in [-0.2, 0) is 11.3 Å². The number of carbonyl (C=O) groups is 1. The molecule has 0 aliphatic rings. The summed E-state index contributed by atoms with van der Waals surface area (Å²) in [6, 6.07) is 1.75. The molecular formula is C13H15BrN2O3. The number of furan rings is 1. The van der Waals surface area contributed by atoms with Gasteiger partial charge in [-0.15, -0.1) is 0 Å². The Balaban J connectivity index is 2.38. The lowest BCUT2D eigenvalue weighted by molar-refractivity contribution is 0.102. The molecule has 0 radical (unpaired) electrons. The summed E-state index contributed by atoms with van der Waals surface area (Å²) >= 11 is 3.36. The summed E-state index contributed by atoms with van der Waals surface area (Å²) in [7, 11) is 1.61. The van der Waals surface area contributed by atoms with E-state index in [0.717, 1.165) is 5.76 Å². The van der Waals surface area contributed by atoms with Gasteiger partial charge in [-0.3, -0.25) is 9.48 Å². The highest BCUT2D eigenvalue weighted by atomic mass is 79.9. The summed E-state index contributed by atoms with van der Waals surface area (Å²) in [5.74, 6) is 1.24. The molecule has 0 aliphatic heterocycles. The van der Waals surface area contributed by atoms with E-state index in [1.807, 2.05) is 6.92 Å². The molecule has 0 bridgehead atoms. The minimum atomic E-state index is -0.102. The molecule has 0 aromatic carbocycles. The summed E-state index contributed by atoms with van der Waals surface area (Å²) < 4.78 is 12.7. The zero-order valence-corrected chi connectivity index (χ0v) is 12.7. The second-order valence-electron chi connectivity index (χ2n) is 4.21. The minimum Gasteiger partial charge on any atom is -0.466 e. The largest absolute Gasteiger partial charge is 0.466 e. The maximum atomic E-state index is 12.6. The summed E-state index contributed by atoms with van der Waals surface area (Å²) in [5, 5.41) is 4.17. The zero-order chi connectivity index (χ0) is 14.0. The van der Waals surface area contributed by atoms with Gasteiger partial charge in [0.1, 0.15) is 17.2 Å². The fraction of sp³-hybridized carbons (Fsp3) is 0.385. The summed E-state index contributed by atoms with van der Waals surface area (Å²) in [4.78, 5) is 12.6. The first kappa shape index (κ1) is 14.0. The predicted molar refractivity (Wildman–Crippen MR) is 73.4 cm³/mol. The first-order valence-electron chi connectivity index (χ1n) is 5.86. The standard InChI is InChI=1S/C13H15BrN2O3/c1-8-6-10(9(2)19-8)13(17)12-11(14)7-15-16(12)4-5-18-3/h6-7H,4-5H2,1-3H3. The molecule has 5 nitrogen and oxygen atoms in total. The average Bonchev–Trinajstić information content (AvgIpc) is 2.89. The third-order valence-electron chi connectivity index (χ3n) is 2.80. The Hall–Kier alpha value is -1.40. The molecule has 2 rings (SSSR count). The highest BCUT2D eigenvalue weighted by Crippen LogP contribution is 2.23. The predicted octanol–water partition coefficient (Wildman–Crippen LogP) is 2.73. The molecular weight excluding hydrogens is 312 g/mol. The summed E-state index contributed by atoms with van der Waals surface area (Å²) in [5.41, 5.74) is 1.08. The van der Waals surface area contributed by atoms with Crippen molar-refractivity contribution in [2.45, 2.75) is 20.4 Å². The van der Waals surface area contributed by atoms with Crippen LogP contribution in [0.3, 0.4) is 0 Å². The second kappa shape index (κ2) is 5.71. The van der Waals surface area contributed by atoms with Crippen LogP contribution in [0, 0.1) is 13.8 Å². The van der Waals surface area contributed by atoms with Crippen LogP contribution in [0.1, 0.15) is 27.6 Å². The smallest absolute Gasteiger partial charge is 0.215 e. The van der Waals surface area contributed by atoms with Crippen LogP contribution < -0.4 is 0 Å². The van der Waals surface area contributed by atoms with Gasteiger partial charge >= 0.3 is 0 Å². The van der Waals surface area contributed by atoms with E-state index in [1.54, 1.807) is 31.0 Å². The molecule has 0 amide bonds. The van der Waals surface area contributed by atoms with E-state index in [1.165, 1.54) is 0 Å². The minimum absolute atomic E-state index is 0.102. The topological polar surface area (TPSA) is 57.3 Å². The summed E-state index contributed by atoms with van der Waals surface area (Å²) in [6.07, 6.45) is 1.62. The highest BCUT2D eigenvalue weighted by molar-refractivity contribution is 9.10. The first-order chi connectivity index (χ1) is 9.04. The van der Waals surface area contributed by atoms with E-state index < -0.39 is 0 Å². The molecule has 0 fully saturated rings. The van der Waals surface area contributed by atoms with Gasteiger partial charge in [0.2, 0.25) is 5.78 Å². The number of methoxy groups -OCH3 is 1. The highest BCUT2D eigenvalue weighted by Gasteiger charge is 2.22. The Morgan fingerprint density at radius 2 is 2.26 bits per heavy atom. The number of ether oxygens (including phenoxy) is 1. The molecule has 19 heavy (non-hydrogen) atoms. The van der Waals surface area contributed by atoms with Gasteiger partial charge in [-0.05, 0) is 35.8 Å². The van der Waals surface area contributed by atoms with Crippen LogP contribution in [0.15, 0.2) is 21.2 Å². The third-order valence-corrected chi connectivity index (χ3v) is 3.38. The molecule has 0 aliphatic carbocycles. The van der Waals surface area contributed by atoms with Crippen molar-refractivity contribution in [2.24, 2.45) is 0 Å². The average molecular weight is 327 g/mol. The number of aryl methyl sites for hydroxylation is 2. The van der Waals surface area contributed by atoms with Crippen molar-refractivity contribution in [1.29, 1.82) is 0 Å². The van der Waals surface area contributed by atoms with E-state index in [-0.39, 0.29) is 5.78 Å². The lowest BCUT2D eigenvalue weighted by atomic mass is 10.1. The van der Waals surface area contributed by atoms with Gasteiger partial charge in [-0.1, -0.05) is 0 Å². The maximum absolute atomic E-state index is 12.6. The number of hydrogen-bond donors (Lipinski definition) is 0. The van der Waals surface area contributed by atoms with Crippen LogP contribution in [0.25, 0.3) is 0 Å². The van der Waals surface area contributed by atoms with Crippen LogP contribution in [0.2, 0.25) is 0 Å². The third kappa shape index (κ3) is 2.79. The molecule has 0 saturated carbocycles. The molecule has 102 valence electrons. The fourth-order valence-corrected chi connectivity index (χ4v) is 2.40. The molecule has 0 N–H and O–H groups in total. The molecule has 2 aromatic rings. The van der Waals surface area contributed by atoms with Crippen molar-refractivity contribution < 1.29 is 13.9 Å². The van der Waals surface area contributed by atoms with E-state index in [9.17, 15) is 4.79 Å². The van der Waals surface area contributed by atoms with Crippen molar-refractivity contribution in [1.82, 2.24) is 9.78 Å². The van der Waals surface area contributed by atoms with E-state index in [4.69, 9.17) is 9.15 Å². The van der Waals surface area contributed by atoms with Crippen molar-refractivity contribution in [3.8, 4) is 0 Å². The number of nitrogens with zero attached hydrogens (tertiary/aromatic N) is 2. The zero-order valence-electron chi connectivity index (χ0n) is 11.1. The molecule has 2 heterocycles. The first-order valence-corrected chi connectivity index (χ1v) is 6.66. The fourth-order valence-electron chi connectivity index (χ4n) is 1.92. The summed E-state index contributed by atoms with van der Waals surface area (Å²) in [6.45, 7) is 4.63. The Morgan fingerprint density at radius 3 is 2.84 bits per heavy atom. The Morgan fingerprint density at radius 1 is 1.53 bits per heavy atom. The van der Waals surface area contributed by atoms with Gasteiger partial charge in [0.25, 0.3) is 0 Å². The number of ketones is 1. The Labute approximate surface area is 119 Å². The Bertz CT molecular complexity index is 601. The van der Waals surface area contributed by atoms with Gasteiger partial charge in [-0.2, -0.15) is 5.10 Å². The normalized spacial score (nSPS) is 10.9. The van der Waals surface area contributed by atoms with E-state index >= 15 is 0 Å². The lowest BCUT2D eigenvalue weighted by Gasteiger charge is -2.06. The Kier molecular flexibility index (Phi) is 4.21. The second-order valence-corrected chi connectivity index (χ2v) is 5.07. The van der Waals surface area contributed by atoms with Crippen molar-refractivity contribution in [2.75, 3.05) is 13.7 Å².